The molecule has 18 N–H and O–H groups in total. The summed E-state index contributed by atoms with van der Waals surface area (Å²) >= 11 is 0. The molecule has 0 aromatic carbocycles. The number of carboxylic acids is 1. The van der Waals surface area contributed by atoms with E-state index >= 15 is 0 Å². The summed E-state index contributed by atoms with van der Waals surface area (Å²) < 4.78 is 0. The van der Waals surface area contributed by atoms with E-state index < -0.39 is 171 Å². The lowest BCUT2D eigenvalue weighted by atomic mass is 10.1. The Hall–Kier alpha value is -5.91. The number of aliphatic hydroxyl groups is 6. The van der Waals surface area contributed by atoms with Crippen molar-refractivity contribution in [2.45, 2.75) is 113 Å². The van der Waals surface area contributed by atoms with Crippen LogP contribution in [0, 0.1) is 0 Å². The van der Waals surface area contributed by atoms with E-state index in [-0.39, 0.29) is 19.3 Å². The van der Waals surface area contributed by atoms with Crippen molar-refractivity contribution < 1.29 is 88.5 Å². The minimum Gasteiger partial charge on any atom is -0.481 e. The summed E-state index contributed by atoms with van der Waals surface area (Å²) in [4.78, 5) is 139. The molecule has 1 heterocycles. The third-order valence-corrected chi connectivity index (χ3v) is 9.12. The van der Waals surface area contributed by atoms with E-state index in [4.69, 9.17) is 16.6 Å². The Morgan fingerprint density at radius 3 is 1.53 bits per heavy atom. The van der Waals surface area contributed by atoms with Crippen LogP contribution in [0.25, 0.3) is 0 Å². The highest BCUT2D eigenvalue weighted by Crippen LogP contribution is 2.19. The van der Waals surface area contributed by atoms with E-state index in [2.05, 4.69) is 21.3 Å². The van der Waals surface area contributed by atoms with Crippen molar-refractivity contribution in [1.29, 1.82) is 0 Å². The number of nitrogens with two attached hydrogens (primary N) is 2. The van der Waals surface area contributed by atoms with Crippen LogP contribution < -0.4 is 48.7 Å². The molecule has 0 spiro atoms. The maximum atomic E-state index is 13.4. The number of rotatable bonds is 27. The van der Waals surface area contributed by atoms with Crippen molar-refractivity contribution in [3.8, 4) is 0 Å². The zero-order chi connectivity index (χ0) is 47.4. The van der Waals surface area contributed by atoms with Gasteiger partial charge in [0.25, 0.3) is 0 Å². The summed E-state index contributed by atoms with van der Waals surface area (Å²) in [6, 6.07) is -15.2. The highest BCUT2D eigenvalue weighted by atomic mass is 16.4. The summed E-state index contributed by atoms with van der Waals surface area (Å²) in [7, 11) is 0. The first kappa shape index (κ1) is 54.1. The van der Waals surface area contributed by atoms with Crippen molar-refractivity contribution in [3.05, 3.63) is 0 Å². The normalized spacial score (nSPS) is 18.3. The van der Waals surface area contributed by atoms with Gasteiger partial charge in [0.1, 0.15) is 54.6 Å². The number of carboxylic acid groups (broad SMARTS) is 1. The van der Waals surface area contributed by atoms with Crippen LogP contribution in [-0.2, 0) is 52.7 Å². The number of aldehydes is 1. The predicted molar refractivity (Wildman–Crippen MR) is 205 cm³/mol. The second-order valence-electron chi connectivity index (χ2n) is 14.1. The first-order valence-corrected chi connectivity index (χ1v) is 19.0. The molecule has 9 amide bonds. The standard InChI is InChI=1S/C34H56N10O18/c1-14(50)25(42-27(55)17(35)8-24(53)54)32(60)39-19(11-47)29(57)38-18(5-6-23(36)52)28(56)43-26(15(2)51)33(61)40-20(12-48)30(58)41-21(13-49)34(62)44-7-3-4-22(44)31(59)37-16(9-45)10-46/h9,14-22,25-26,46-51H,3-8,10-13,35H2,1-2H3,(H2,36,52)(H,37,59)(H,38,57)(H,39,60)(H,40,61)(H,41,58)(H,42,55)(H,43,56)(H,53,54)/t14-,15-,16-,17+,18+,19+,20+,21+,22+,25+,26+/m1/s1. The number of amides is 9. The van der Waals surface area contributed by atoms with E-state index in [9.17, 15) is 83.4 Å². The molecule has 0 saturated carbocycles. The van der Waals surface area contributed by atoms with Gasteiger partial charge >= 0.3 is 5.97 Å². The Labute approximate surface area is 352 Å². The number of nitrogens with zero attached hydrogens (tertiary/aromatic N) is 1. The van der Waals surface area contributed by atoms with E-state index in [1.807, 2.05) is 16.0 Å². The number of nitrogens with one attached hydrogen (secondary N) is 7. The van der Waals surface area contributed by atoms with Crippen LogP contribution in [0.2, 0.25) is 0 Å². The average Bonchev–Trinajstić information content (AvgIpc) is 3.71. The Morgan fingerprint density at radius 2 is 1.11 bits per heavy atom. The van der Waals surface area contributed by atoms with Crippen LogP contribution >= 0.6 is 0 Å². The molecule has 0 aromatic heterocycles. The third-order valence-electron chi connectivity index (χ3n) is 9.12. The van der Waals surface area contributed by atoms with Gasteiger partial charge in [-0.3, -0.25) is 47.9 Å². The van der Waals surface area contributed by atoms with Crippen LogP contribution in [0.1, 0.15) is 46.0 Å². The zero-order valence-electron chi connectivity index (χ0n) is 33.7. The van der Waals surface area contributed by atoms with Crippen molar-refractivity contribution in [1.82, 2.24) is 42.1 Å². The van der Waals surface area contributed by atoms with E-state index in [0.717, 1.165) is 18.7 Å². The van der Waals surface area contributed by atoms with Crippen LogP contribution in [0.3, 0.4) is 0 Å². The molecule has 0 aromatic rings. The number of aliphatic hydroxyl groups excluding tert-OH is 6. The van der Waals surface area contributed by atoms with Crippen LogP contribution in [0.5, 0.6) is 0 Å². The fraction of sp³-hybridized carbons (Fsp3) is 0.676. The van der Waals surface area contributed by atoms with Gasteiger partial charge in [0.2, 0.25) is 53.2 Å². The van der Waals surface area contributed by atoms with Gasteiger partial charge in [0.15, 0.2) is 0 Å². The SMILES string of the molecule is C[C@@H](O)[C@H](NC(=O)[C@H](CCC(N)=O)NC(=O)[C@H](CO)NC(=O)[C@@H](NC(=O)[C@@H](N)CC(=O)O)[C@@H](C)O)C(=O)N[C@@H](CO)C(=O)N[C@@H](CO)C(=O)N1CCC[C@H]1C(=O)N[C@H](C=O)CO. The third kappa shape index (κ3) is 16.9. The van der Waals surface area contributed by atoms with E-state index in [0.29, 0.717) is 6.42 Å². The molecule has 1 aliphatic rings. The zero-order valence-corrected chi connectivity index (χ0v) is 33.7. The molecule has 1 fully saturated rings. The molecule has 28 nitrogen and oxygen atoms in total. The predicted octanol–water partition coefficient (Wildman–Crippen LogP) is -10.6. The second-order valence-corrected chi connectivity index (χ2v) is 14.1. The lowest BCUT2D eigenvalue weighted by Gasteiger charge is -2.30. The number of primary amides is 1. The lowest BCUT2D eigenvalue weighted by Crippen LogP contribution is -2.63. The van der Waals surface area contributed by atoms with Gasteiger partial charge in [0, 0.05) is 13.0 Å². The van der Waals surface area contributed by atoms with Gasteiger partial charge in [-0.1, -0.05) is 0 Å². The highest BCUT2D eigenvalue weighted by molar-refractivity contribution is 5.98. The number of carbonyl (C=O) groups is 11. The molecule has 1 aliphatic heterocycles. The first-order valence-electron chi connectivity index (χ1n) is 19.0. The Bertz CT molecular complexity index is 1630. The molecule has 62 heavy (non-hydrogen) atoms. The number of aliphatic carboxylic acids is 1. The fourth-order valence-corrected chi connectivity index (χ4v) is 5.71. The molecular formula is C34H56N10O18. The fourth-order valence-electron chi connectivity index (χ4n) is 5.71. The van der Waals surface area contributed by atoms with Crippen molar-refractivity contribution in [2.75, 3.05) is 33.0 Å². The summed E-state index contributed by atoms with van der Waals surface area (Å²) in [5, 5.41) is 83.0. The maximum absolute atomic E-state index is 13.4. The maximum Gasteiger partial charge on any atom is 0.305 e. The van der Waals surface area contributed by atoms with Gasteiger partial charge in [0.05, 0.1) is 51.1 Å². The summed E-state index contributed by atoms with van der Waals surface area (Å²) in [5.41, 5.74) is 10.7. The van der Waals surface area contributed by atoms with Gasteiger partial charge < -0.3 is 94.1 Å². The summed E-state index contributed by atoms with van der Waals surface area (Å²) in [5.74, 6) is -11.8. The molecule has 0 radical (unpaired) electrons. The molecule has 11 atom stereocenters. The molecule has 350 valence electrons. The van der Waals surface area contributed by atoms with Crippen molar-refractivity contribution in [2.24, 2.45) is 11.5 Å². The van der Waals surface area contributed by atoms with E-state index in [1.165, 1.54) is 0 Å². The van der Waals surface area contributed by atoms with Crippen molar-refractivity contribution in [3.63, 3.8) is 0 Å². The van der Waals surface area contributed by atoms with Gasteiger partial charge in [-0.05, 0) is 33.1 Å². The smallest absolute Gasteiger partial charge is 0.305 e. The number of likely N-dealkylation sites (tertiary alicyclic amines) is 1. The van der Waals surface area contributed by atoms with Gasteiger partial charge in [-0.25, -0.2) is 0 Å². The first-order chi connectivity index (χ1) is 29.1. The van der Waals surface area contributed by atoms with Crippen LogP contribution in [0.4, 0.5) is 0 Å². The summed E-state index contributed by atoms with van der Waals surface area (Å²) in [6.45, 7) is -1.99. The molecule has 1 saturated heterocycles. The van der Waals surface area contributed by atoms with E-state index in [1.54, 1.807) is 0 Å². The minimum atomic E-state index is -1.97. The Morgan fingerprint density at radius 1 is 0.661 bits per heavy atom. The monoisotopic (exact) mass is 892 g/mol. The second kappa shape index (κ2) is 26.4. The van der Waals surface area contributed by atoms with Gasteiger partial charge in [-0.15, -0.1) is 0 Å². The lowest BCUT2D eigenvalue weighted by molar-refractivity contribution is -0.143. The molecule has 0 unspecified atom stereocenters. The van der Waals surface area contributed by atoms with Gasteiger partial charge in [-0.2, -0.15) is 0 Å². The molecule has 1 rings (SSSR count). The quantitative estimate of drug-likeness (QED) is 0.0340. The van der Waals surface area contributed by atoms with Crippen molar-refractivity contribution >= 4 is 65.4 Å². The Kier molecular flexibility index (Phi) is 23.1. The van der Waals surface area contributed by atoms with Crippen LogP contribution in [0.15, 0.2) is 0 Å². The number of hydrogen-bond acceptors (Lipinski definition) is 18. The average molecular weight is 893 g/mol. The topological polar surface area (TPSA) is 469 Å². The molecule has 0 aliphatic carbocycles. The number of hydrogen-bond donors (Lipinski definition) is 16. The van der Waals surface area contributed by atoms with Crippen LogP contribution in [-0.4, -0.2) is 206 Å². The number of carbonyl (C=O) groups excluding carboxylic acids is 10. The minimum absolute atomic E-state index is 0.00342. The molecular weight excluding hydrogens is 836 g/mol. The Balaban J connectivity index is 3.14. The molecule has 28 heteroatoms. The summed E-state index contributed by atoms with van der Waals surface area (Å²) in [6.07, 6.45) is -4.70. The highest BCUT2D eigenvalue weighted by Gasteiger charge is 2.40. The largest absolute Gasteiger partial charge is 0.481 e. The molecule has 0 bridgehead atoms.